The number of ether oxygens (including phenoxy) is 3. The van der Waals surface area contributed by atoms with Crippen LogP contribution in [0.3, 0.4) is 0 Å². The fraction of sp³-hybridized carbons (Fsp3) is 0.324. The topological polar surface area (TPSA) is 92.8 Å². The minimum absolute atomic E-state index is 0.0160. The number of methoxy groups -OCH3 is 1. The number of allylic oxidation sites excluding steroid dienone is 1. The van der Waals surface area contributed by atoms with Crippen LogP contribution < -0.4 is 10.1 Å². The van der Waals surface area contributed by atoms with Crippen molar-refractivity contribution >= 4 is 16.8 Å². The molecule has 0 radical (unpaired) electrons. The summed E-state index contributed by atoms with van der Waals surface area (Å²) in [7, 11) is 1.66. The number of amides is 1. The number of benzene rings is 3. The molecular formula is C34H36N2O5. The van der Waals surface area contributed by atoms with Gasteiger partial charge in [-0.25, -0.2) is 0 Å². The van der Waals surface area contributed by atoms with Crippen molar-refractivity contribution in [3.05, 3.63) is 101 Å². The molecule has 0 spiro atoms. The molecule has 1 amide bonds. The summed E-state index contributed by atoms with van der Waals surface area (Å²) < 4.78 is 17.5. The van der Waals surface area contributed by atoms with E-state index in [0.717, 1.165) is 35.1 Å². The Bertz CT molecular complexity index is 1570. The first-order chi connectivity index (χ1) is 20.1. The quantitative estimate of drug-likeness (QED) is 0.185. The molecule has 0 saturated heterocycles. The van der Waals surface area contributed by atoms with Crippen molar-refractivity contribution in [1.29, 1.82) is 0 Å². The Labute approximate surface area is 240 Å². The number of aromatic amines is 1. The van der Waals surface area contributed by atoms with Crippen LogP contribution in [-0.4, -0.2) is 49.2 Å². The van der Waals surface area contributed by atoms with E-state index in [-0.39, 0.29) is 18.4 Å². The van der Waals surface area contributed by atoms with Gasteiger partial charge in [0.15, 0.2) is 5.76 Å². The van der Waals surface area contributed by atoms with Crippen LogP contribution in [0.1, 0.15) is 47.4 Å². The van der Waals surface area contributed by atoms with Crippen LogP contribution in [0.2, 0.25) is 0 Å². The van der Waals surface area contributed by atoms with Crippen LogP contribution in [0.15, 0.2) is 78.7 Å². The second-order valence-corrected chi connectivity index (χ2v) is 10.7. The van der Waals surface area contributed by atoms with Gasteiger partial charge < -0.3 is 29.6 Å². The van der Waals surface area contributed by atoms with E-state index in [9.17, 15) is 4.79 Å². The Hall–Kier alpha value is -4.07. The molecule has 1 aromatic heterocycles. The number of nitrogens with one attached hydrogen (secondary N) is 2. The molecule has 3 aromatic carbocycles. The van der Waals surface area contributed by atoms with Crippen LogP contribution in [0.25, 0.3) is 22.0 Å². The average molecular weight is 553 g/mol. The summed E-state index contributed by atoms with van der Waals surface area (Å²) in [6.45, 7) is 1.06. The monoisotopic (exact) mass is 552 g/mol. The molecule has 41 heavy (non-hydrogen) atoms. The molecule has 1 aliphatic heterocycles. The van der Waals surface area contributed by atoms with Crippen LogP contribution in [-0.2, 0) is 27.1 Å². The van der Waals surface area contributed by atoms with E-state index in [2.05, 4.69) is 52.8 Å². The molecule has 4 aromatic rings. The summed E-state index contributed by atoms with van der Waals surface area (Å²) in [5.74, 6) is 0.835. The van der Waals surface area contributed by atoms with Gasteiger partial charge in [-0.05, 0) is 83.3 Å². The third kappa shape index (κ3) is 5.73. The fourth-order valence-corrected chi connectivity index (χ4v) is 5.98. The van der Waals surface area contributed by atoms with E-state index in [1.54, 1.807) is 7.11 Å². The van der Waals surface area contributed by atoms with Crippen molar-refractivity contribution in [1.82, 2.24) is 10.3 Å². The van der Waals surface area contributed by atoms with Gasteiger partial charge in [-0.3, -0.25) is 4.79 Å². The number of carbonyl (C=O) groups is 1. The number of carbonyl (C=O) groups excluding carboxylic acids is 1. The van der Waals surface area contributed by atoms with E-state index >= 15 is 0 Å². The average Bonchev–Trinajstić information content (AvgIpc) is 3.60. The van der Waals surface area contributed by atoms with Crippen LogP contribution in [0.4, 0.5) is 0 Å². The summed E-state index contributed by atoms with van der Waals surface area (Å²) >= 11 is 0. The number of aliphatic hydroxyl groups is 1. The van der Waals surface area contributed by atoms with Crippen molar-refractivity contribution in [2.75, 3.05) is 26.9 Å². The second kappa shape index (κ2) is 12.2. The fourth-order valence-electron chi connectivity index (χ4n) is 5.98. The summed E-state index contributed by atoms with van der Waals surface area (Å²) in [6.07, 6.45) is 6.98. The molecule has 3 N–H and O–H groups in total. The molecule has 212 valence electrons. The highest BCUT2D eigenvalue weighted by atomic mass is 16.7. The number of fused-ring (bicyclic) bond motifs is 4. The van der Waals surface area contributed by atoms with E-state index in [4.69, 9.17) is 19.3 Å². The lowest BCUT2D eigenvalue weighted by atomic mass is 9.87. The number of hydrogen-bond donors (Lipinski definition) is 3. The minimum Gasteiger partial charge on any atom is -0.497 e. The highest BCUT2D eigenvalue weighted by Gasteiger charge is 2.31. The first kappa shape index (κ1) is 27.1. The van der Waals surface area contributed by atoms with Gasteiger partial charge in [0, 0.05) is 42.6 Å². The highest BCUT2D eigenvalue weighted by molar-refractivity contribution is 5.92. The predicted molar refractivity (Wildman–Crippen MR) is 159 cm³/mol. The van der Waals surface area contributed by atoms with Gasteiger partial charge in [0.2, 0.25) is 6.29 Å². The van der Waals surface area contributed by atoms with Gasteiger partial charge in [0.05, 0.1) is 13.7 Å². The minimum atomic E-state index is -0.537. The zero-order valence-electron chi connectivity index (χ0n) is 23.3. The molecule has 6 rings (SSSR count). The van der Waals surface area contributed by atoms with E-state index < -0.39 is 6.29 Å². The zero-order chi connectivity index (χ0) is 28.2. The standard InChI is InChI=1S/C34H36N2O5/c1-39-25-11-12-31-29(20-25)23(21-36-31)13-14-35-34(38)32-18-24(19-33(41-32)40-16-5-4-15-37)27-9-6-10-28-26-8-3-2-7-22(26)17-30(27)28/h2-3,6-12,18,20-21,24,33,36-37H,4-5,13-17,19H2,1H3,(H,35,38). The highest BCUT2D eigenvalue weighted by Crippen LogP contribution is 2.42. The van der Waals surface area contributed by atoms with Crippen LogP contribution in [0, 0.1) is 0 Å². The third-order valence-corrected chi connectivity index (χ3v) is 8.08. The van der Waals surface area contributed by atoms with Gasteiger partial charge in [0.1, 0.15) is 5.75 Å². The lowest BCUT2D eigenvalue weighted by Crippen LogP contribution is -2.34. The third-order valence-electron chi connectivity index (χ3n) is 8.08. The maximum absolute atomic E-state index is 13.4. The first-order valence-electron chi connectivity index (χ1n) is 14.4. The number of unbranched alkanes of at least 4 members (excludes halogenated alkanes) is 1. The van der Waals surface area contributed by atoms with Crippen molar-refractivity contribution in [2.45, 2.75) is 44.3 Å². The van der Waals surface area contributed by atoms with Crippen LogP contribution in [0.5, 0.6) is 5.75 Å². The summed E-state index contributed by atoms with van der Waals surface area (Å²) in [6, 6.07) is 20.9. The molecule has 2 aliphatic rings. The Morgan fingerprint density at radius 3 is 2.85 bits per heavy atom. The molecule has 7 heteroatoms. The maximum atomic E-state index is 13.4. The first-order valence-corrected chi connectivity index (χ1v) is 14.4. The number of H-pyrrole nitrogens is 1. The van der Waals surface area contributed by atoms with Crippen molar-refractivity contribution < 1.29 is 24.1 Å². The largest absolute Gasteiger partial charge is 0.497 e. The molecule has 2 unspecified atom stereocenters. The smallest absolute Gasteiger partial charge is 0.286 e. The summed E-state index contributed by atoms with van der Waals surface area (Å²) in [5.41, 5.74) is 8.54. The number of hydrogen-bond acceptors (Lipinski definition) is 5. The second-order valence-electron chi connectivity index (χ2n) is 10.7. The van der Waals surface area contributed by atoms with Gasteiger partial charge in [-0.1, -0.05) is 42.5 Å². The Morgan fingerprint density at radius 1 is 1.10 bits per heavy atom. The van der Waals surface area contributed by atoms with Gasteiger partial charge in [-0.2, -0.15) is 0 Å². The molecule has 0 saturated carbocycles. The molecular weight excluding hydrogens is 516 g/mol. The van der Waals surface area contributed by atoms with Crippen molar-refractivity contribution in [3.63, 3.8) is 0 Å². The predicted octanol–water partition coefficient (Wildman–Crippen LogP) is 5.61. The summed E-state index contributed by atoms with van der Waals surface area (Å²) in [5, 5.41) is 13.3. The zero-order valence-corrected chi connectivity index (χ0v) is 23.3. The molecule has 0 fully saturated rings. The Balaban J connectivity index is 1.20. The van der Waals surface area contributed by atoms with Crippen molar-refractivity contribution in [3.8, 4) is 16.9 Å². The molecule has 0 bridgehead atoms. The number of aliphatic hydroxyl groups excluding tert-OH is 1. The van der Waals surface area contributed by atoms with E-state index in [0.29, 0.717) is 38.2 Å². The molecule has 2 atom stereocenters. The molecule has 7 nitrogen and oxygen atoms in total. The van der Waals surface area contributed by atoms with Crippen LogP contribution >= 0.6 is 0 Å². The Morgan fingerprint density at radius 2 is 1.98 bits per heavy atom. The normalized spacial score (nSPS) is 17.5. The van der Waals surface area contributed by atoms with Gasteiger partial charge in [-0.15, -0.1) is 0 Å². The maximum Gasteiger partial charge on any atom is 0.286 e. The van der Waals surface area contributed by atoms with Gasteiger partial charge in [0.25, 0.3) is 5.91 Å². The lowest BCUT2D eigenvalue weighted by Gasteiger charge is -2.30. The molecule has 1 aliphatic carbocycles. The van der Waals surface area contributed by atoms with E-state index in [1.807, 2.05) is 30.5 Å². The Kier molecular flexibility index (Phi) is 8.07. The number of aromatic nitrogens is 1. The summed E-state index contributed by atoms with van der Waals surface area (Å²) in [4.78, 5) is 16.7. The SMILES string of the molecule is COc1ccc2[nH]cc(CCNC(=O)C3=CC(c4cccc5c4Cc4ccccc4-5)CC(OCCCCO)O3)c2c1. The van der Waals surface area contributed by atoms with Crippen molar-refractivity contribution in [2.24, 2.45) is 0 Å². The lowest BCUT2D eigenvalue weighted by molar-refractivity contribution is -0.146. The molecule has 2 heterocycles. The van der Waals surface area contributed by atoms with Gasteiger partial charge >= 0.3 is 0 Å². The van der Waals surface area contributed by atoms with E-state index in [1.165, 1.54) is 27.8 Å². The number of rotatable bonds is 11.